The van der Waals surface area contributed by atoms with Crippen molar-refractivity contribution in [3.8, 4) is 0 Å². The van der Waals surface area contributed by atoms with E-state index in [9.17, 15) is 14.0 Å². The van der Waals surface area contributed by atoms with E-state index >= 15 is 0 Å². The molecule has 8 heteroatoms. The molecule has 1 atom stereocenters. The fourth-order valence-electron chi connectivity index (χ4n) is 4.60. The number of rotatable bonds is 8. The quantitative estimate of drug-likeness (QED) is 0.562. The number of morpholine rings is 1. The van der Waals surface area contributed by atoms with Crippen molar-refractivity contribution in [2.24, 2.45) is 11.0 Å². The third kappa shape index (κ3) is 6.17. The minimum atomic E-state index is -0.365. The third-order valence-electron chi connectivity index (χ3n) is 6.73. The summed E-state index contributed by atoms with van der Waals surface area (Å²) >= 11 is 0. The molecule has 7 nitrogen and oxygen atoms in total. The van der Waals surface area contributed by atoms with Gasteiger partial charge >= 0.3 is 0 Å². The molecule has 1 fully saturated rings. The lowest BCUT2D eigenvalue weighted by Crippen LogP contribution is -2.47. The van der Waals surface area contributed by atoms with E-state index in [4.69, 9.17) is 4.74 Å². The van der Waals surface area contributed by atoms with Gasteiger partial charge in [-0.2, -0.15) is 5.10 Å². The van der Waals surface area contributed by atoms with Crippen LogP contribution in [0.4, 0.5) is 4.39 Å². The molecule has 0 radical (unpaired) electrons. The van der Waals surface area contributed by atoms with Gasteiger partial charge in [0.05, 0.1) is 25.0 Å². The first kappa shape index (κ1) is 26.0. The van der Waals surface area contributed by atoms with Crippen molar-refractivity contribution < 1.29 is 18.7 Å². The Morgan fingerprint density at radius 3 is 2.47 bits per heavy atom. The molecule has 0 aromatic heterocycles. The predicted molar refractivity (Wildman–Crippen MR) is 137 cm³/mol. The topological polar surface area (TPSA) is 65.5 Å². The first-order chi connectivity index (χ1) is 17.3. The second-order valence-corrected chi connectivity index (χ2v) is 9.76. The Morgan fingerprint density at radius 1 is 1.11 bits per heavy atom. The highest BCUT2D eigenvalue weighted by Gasteiger charge is 2.35. The van der Waals surface area contributed by atoms with Crippen LogP contribution in [0.1, 0.15) is 43.0 Å². The molecule has 2 heterocycles. The maximum Gasteiger partial charge on any atom is 0.262 e. The van der Waals surface area contributed by atoms with Crippen molar-refractivity contribution >= 4 is 17.5 Å². The average Bonchev–Trinajstić information content (AvgIpc) is 3.32. The summed E-state index contributed by atoms with van der Waals surface area (Å²) in [4.78, 5) is 30.5. The molecule has 0 spiro atoms. The monoisotopic (exact) mass is 494 g/mol. The largest absolute Gasteiger partial charge is 0.379 e. The summed E-state index contributed by atoms with van der Waals surface area (Å²) in [5.41, 5.74) is 2.97. The molecule has 0 N–H and O–H groups in total. The van der Waals surface area contributed by atoms with E-state index in [1.807, 2.05) is 45.0 Å². The predicted octanol–water partition coefficient (Wildman–Crippen LogP) is 3.63. The lowest BCUT2D eigenvalue weighted by Gasteiger charge is -2.31. The molecule has 192 valence electrons. The number of aryl methyl sites for hydroxylation is 1. The number of ether oxygens (including phenoxy) is 1. The van der Waals surface area contributed by atoms with Gasteiger partial charge in [0.2, 0.25) is 5.91 Å². The van der Waals surface area contributed by atoms with Gasteiger partial charge in [0.1, 0.15) is 12.4 Å². The first-order valence-electron chi connectivity index (χ1n) is 12.6. The standard InChI is InChI=1S/C28H35FN4O3/c1-20(2)28(35)32(13-12-31-14-16-36-17-15-31)19-27(34)33-26(22-10-8-21(3)9-11-22)18-25(30-33)23-6-4-5-7-24(23)29/h4-11,20,26H,12-19H2,1-3H3/t26-/m0/s1. The Balaban J connectivity index is 1.57. The SMILES string of the molecule is Cc1ccc([C@@H]2CC(c3ccccc3F)=NN2C(=O)CN(CCN2CCOCC2)C(=O)C(C)C)cc1. The van der Waals surface area contributed by atoms with Gasteiger partial charge in [-0.15, -0.1) is 0 Å². The van der Waals surface area contributed by atoms with Crippen molar-refractivity contribution in [1.29, 1.82) is 0 Å². The molecular weight excluding hydrogens is 459 g/mol. The fraction of sp³-hybridized carbons (Fsp3) is 0.464. The Labute approximate surface area is 212 Å². The highest BCUT2D eigenvalue weighted by molar-refractivity contribution is 6.03. The minimum Gasteiger partial charge on any atom is -0.379 e. The van der Waals surface area contributed by atoms with Gasteiger partial charge in [-0.25, -0.2) is 9.40 Å². The maximum absolute atomic E-state index is 14.6. The zero-order chi connectivity index (χ0) is 25.7. The van der Waals surface area contributed by atoms with Crippen LogP contribution in [0.15, 0.2) is 53.6 Å². The molecular formula is C28H35FN4O3. The number of carbonyl (C=O) groups is 2. The molecule has 2 aromatic carbocycles. The molecule has 0 unspecified atom stereocenters. The van der Waals surface area contributed by atoms with E-state index in [0.717, 1.165) is 24.2 Å². The molecule has 0 bridgehead atoms. The number of hydrogen-bond donors (Lipinski definition) is 0. The number of nitrogens with zero attached hydrogens (tertiary/aromatic N) is 4. The van der Waals surface area contributed by atoms with E-state index in [-0.39, 0.29) is 36.1 Å². The second kappa shape index (κ2) is 11.8. The molecule has 0 saturated carbocycles. The normalized spacial score (nSPS) is 18.4. The van der Waals surface area contributed by atoms with Crippen LogP contribution in [0.2, 0.25) is 0 Å². The van der Waals surface area contributed by atoms with Gasteiger partial charge in [-0.3, -0.25) is 14.5 Å². The number of amides is 2. The molecule has 1 saturated heterocycles. The van der Waals surface area contributed by atoms with Crippen molar-refractivity contribution in [2.75, 3.05) is 45.9 Å². The number of halogens is 1. The zero-order valence-corrected chi connectivity index (χ0v) is 21.3. The lowest BCUT2D eigenvalue weighted by atomic mass is 9.97. The minimum absolute atomic E-state index is 0.0685. The van der Waals surface area contributed by atoms with Crippen LogP contribution in [-0.4, -0.2) is 78.3 Å². The second-order valence-electron chi connectivity index (χ2n) is 9.76. The lowest BCUT2D eigenvalue weighted by molar-refractivity contribution is -0.143. The van der Waals surface area contributed by atoms with E-state index in [1.165, 1.54) is 11.1 Å². The summed E-state index contributed by atoms with van der Waals surface area (Å²) in [6, 6.07) is 14.1. The van der Waals surface area contributed by atoms with Crippen molar-refractivity contribution in [1.82, 2.24) is 14.8 Å². The van der Waals surface area contributed by atoms with Crippen LogP contribution < -0.4 is 0 Å². The molecule has 2 aromatic rings. The molecule has 4 rings (SSSR count). The van der Waals surface area contributed by atoms with E-state index in [0.29, 0.717) is 44.0 Å². The Morgan fingerprint density at radius 2 is 1.81 bits per heavy atom. The molecule has 2 amide bonds. The van der Waals surface area contributed by atoms with Crippen molar-refractivity contribution in [2.45, 2.75) is 33.2 Å². The van der Waals surface area contributed by atoms with Gasteiger partial charge < -0.3 is 9.64 Å². The van der Waals surface area contributed by atoms with Crippen LogP contribution in [0.3, 0.4) is 0 Å². The maximum atomic E-state index is 14.6. The number of hydrogen-bond acceptors (Lipinski definition) is 5. The summed E-state index contributed by atoms with van der Waals surface area (Å²) in [6.07, 6.45) is 0.404. The highest BCUT2D eigenvalue weighted by atomic mass is 19.1. The van der Waals surface area contributed by atoms with E-state index < -0.39 is 0 Å². The molecule has 36 heavy (non-hydrogen) atoms. The summed E-state index contributed by atoms with van der Waals surface area (Å²) in [6.45, 7) is 9.74. The summed E-state index contributed by atoms with van der Waals surface area (Å²) in [5, 5.41) is 6.05. The highest BCUT2D eigenvalue weighted by Crippen LogP contribution is 2.33. The number of benzene rings is 2. The summed E-state index contributed by atoms with van der Waals surface area (Å²) in [7, 11) is 0. The van der Waals surface area contributed by atoms with Crippen molar-refractivity contribution in [3.05, 3.63) is 71.0 Å². The van der Waals surface area contributed by atoms with Gasteiger partial charge in [0, 0.05) is 44.1 Å². The van der Waals surface area contributed by atoms with Crippen LogP contribution in [0.25, 0.3) is 0 Å². The van der Waals surface area contributed by atoms with Crippen LogP contribution >= 0.6 is 0 Å². The molecule has 2 aliphatic rings. The van der Waals surface area contributed by atoms with Crippen molar-refractivity contribution in [3.63, 3.8) is 0 Å². The smallest absolute Gasteiger partial charge is 0.262 e. The first-order valence-corrected chi connectivity index (χ1v) is 12.6. The van der Waals surface area contributed by atoms with Gasteiger partial charge in [-0.1, -0.05) is 61.9 Å². The summed E-state index contributed by atoms with van der Waals surface area (Å²) < 4.78 is 20.0. The van der Waals surface area contributed by atoms with E-state index in [2.05, 4.69) is 10.0 Å². The van der Waals surface area contributed by atoms with Gasteiger partial charge in [-0.05, 0) is 18.6 Å². The van der Waals surface area contributed by atoms with E-state index in [1.54, 1.807) is 23.1 Å². The summed E-state index contributed by atoms with van der Waals surface area (Å²) in [5.74, 6) is -0.939. The van der Waals surface area contributed by atoms with Crippen LogP contribution in [0.5, 0.6) is 0 Å². The third-order valence-corrected chi connectivity index (χ3v) is 6.73. The fourth-order valence-corrected chi connectivity index (χ4v) is 4.60. The number of carbonyl (C=O) groups excluding carboxylic acids is 2. The number of hydrazone groups is 1. The average molecular weight is 495 g/mol. The van der Waals surface area contributed by atoms with Crippen LogP contribution in [-0.2, 0) is 14.3 Å². The Hall–Kier alpha value is -3.10. The zero-order valence-electron chi connectivity index (χ0n) is 21.3. The molecule has 2 aliphatic heterocycles. The van der Waals surface area contributed by atoms with Gasteiger partial charge in [0.25, 0.3) is 5.91 Å². The van der Waals surface area contributed by atoms with Gasteiger partial charge in [0.15, 0.2) is 0 Å². The van der Waals surface area contributed by atoms with Crippen LogP contribution in [0, 0.1) is 18.7 Å². The Kier molecular flexibility index (Phi) is 8.48. The Bertz CT molecular complexity index is 1100. The molecule has 0 aliphatic carbocycles.